The van der Waals surface area contributed by atoms with Crippen LogP contribution < -0.4 is 5.32 Å². The summed E-state index contributed by atoms with van der Waals surface area (Å²) in [6.07, 6.45) is 4.48. The van der Waals surface area contributed by atoms with Crippen LogP contribution in [-0.2, 0) is 9.59 Å². The van der Waals surface area contributed by atoms with Gasteiger partial charge in [-0.15, -0.1) is 11.3 Å². The molecule has 4 unspecified atom stereocenters. The van der Waals surface area contributed by atoms with Gasteiger partial charge in [0, 0.05) is 6.04 Å². The molecule has 1 saturated carbocycles. The van der Waals surface area contributed by atoms with Gasteiger partial charge in [0.05, 0.1) is 4.88 Å². The molecule has 0 spiro atoms. The van der Waals surface area contributed by atoms with Crippen LogP contribution in [0.15, 0.2) is 17.5 Å². The molecular weight excluding hydrogens is 328 g/mol. The van der Waals surface area contributed by atoms with E-state index >= 15 is 0 Å². The predicted molar refractivity (Wildman–Crippen MR) is 89.9 cm³/mol. The fraction of sp³-hybridized carbons (Fsp3) is 0.588. The number of rotatable bonds is 4. The van der Waals surface area contributed by atoms with E-state index in [1.54, 1.807) is 24.4 Å². The van der Waals surface area contributed by atoms with E-state index in [1.807, 2.05) is 0 Å². The molecule has 2 fully saturated rings. The molecule has 1 aromatic rings. The number of likely N-dealkylation sites (tertiary alicyclic amines) is 1. The standard InChI is InChI=1S/C17H22N2O4S/c1-10(18-15(20)14-7-4-8-24-14)16(21)19-12-6-3-2-5-11(12)9-13(19)17(22)23/h4,7-8,10-13H,2-3,5-6,9H2,1H3,(H,18,20)(H,22,23). The zero-order valence-electron chi connectivity index (χ0n) is 13.6. The van der Waals surface area contributed by atoms with E-state index in [-0.39, 0.29) is 23.8 Å². The Morgan fingerprint density at radius 1 is 1.33 bits per heavy atom. The largest absolute Gasteiger partial charge is 0.480 e. The molecule has 2 N–H and O–H groups in total. The van der Waals surface area contributed by atoms with Gasteiger partial charge in [-0.25, -0.2) is 4.79 Å². The van der Waals surface area contributed by atoms with Crippen molar-refractivity contribution in [3.8, 4) is 0 Å². The number of hydrogen-bond acceptors (Lipinski definition) is 4. The normalized spacial score (nSPS) is 27.4. The average Bonchev–Trinajstić information content (AvgIpc) is 3.21. The summed E-state index contributed by atoms with van der Waals surface area (Å²) in [6.45, 7) is 1.63. The number of nitrogens with one attached hydrogen (secondary N) is 1. The highest BCUT2D eigenvalue weighted by molar-refractivity contribution is 7.12. The number of hydrogen-bond donors (Lipinski definition) is 2. The van der Waals surface area contributed by atoms with Crippen molar-refractivity contribution in [2.75, 3.05) is 0 Å². The molecule has 3 rings (SSSR count). The monoisotopic (exact) mass is 350 g/mol. The van der Waals surface area contributed by atoms with Crippen LogP contribution in [0, 0.1) is 5.92 Å². The van der Waals surface area contributed by atoms with Crippen molar-refractivity contribution in [3.63, 3.8) is 0 Å². The summed E-state index contributed by atoms with van der Waals surface area (Å²) >= 11 is 1.31. The molecule has 2 amide bonds. The fourth-order valence-electron chi connectivity index (χ4n) is 3.96. The molecule has 7 heteroatoms. The third-order valence-electron chi connectivity index (χ3n) is 5.09. The lowest BCUT2D eigenvalue weighted by Gasteiger charge is -2.34. The van der Waals surface area contributed by atoms with Gasteiger partial charge in [0.25, 0.3) is 5.91 Å². The predicted octanol–water partition coefficient (Wildman–Crippen LogP) is 2.11. The van der Waals surface area contributed by atoms with Crippen molar-refractivity contribution in [3.05, 3.63) is 22.4 Å². The minimum absolute atomic E-state index is 0.00607. The number of carbonyl (C=O) groups excluding carboxylic acids is 2. The lowest BCUT2D eigenvalue weighted by molar-refractivity contribution is -0.150. The van der Waals surface area contributed by atoms with Crippen molar-refractivity contribution in [2.45, 2.75) is 57.2 Å². The van der Waals surface area contributed by atoms with E-state index in [0.29, 0.717) is 11.3 Å². The Morgan fingerprint density at radius 2 is 2.08 bits per heavy atom. The first kappa shape index (κ1) is 17.0. The number of thiophene rings is 1. The van der Waals surface area contributed by atoms with Crippen molar-refractivity contribution < 1.29 is 19.5 Å². The summed E-state index contributed by atoms with van der Waals surface area (Å²) in [4.78, 5) is 38.7. The number of fused-ring (bicyclic) bond motifs is 1. The molecule has 1 saturated heterocycles. The molecule has 0 aromatic carbocycles. The number of aliphatic carboxylic acids is 1. The molecule has 1 aliphatic heterocycles. The lowest BCUT2D eigenvalue weighted by Crippen LogP contribution is -2.53. The first-order valence-electron chi connectivity index (χ1n) is 8.38. The molecule has 24 heavy (non-hydrogen) atoms. The van der Waals surface area contributed by atoms with Crippen molar-refractivity contribution in [1.29, 1.82) is 0 Å². The first-order valence-corrected chi connectivity index (χ1v) is 9.26. The van der Waals surface area contributed by atoms with E-state index in [2.05, 4.69) is 5.32 Å². The molecule has 130 valence electrons. The van der Waals surface area contributed by atoms with Crippen LogP contribution in [0.1, 0.15) is 48.7 Å². The number of amides is 2. The number of carboxylic acid groups (broad SMARTS) is 1. The maximum atomic E-state index is 12.9. The summed E-state index contributed by atoms with van der Waals surface area (Å²) in [5, 5.41) is 14.0. The third kappa shape index (κ3) is 3.17. The van der Waals surface area contributed by atoms with Crippen molar-refractivity contribution >= 4 is 29.1 Å². The van der Waals surface area contributed by atoms with E-state index in [9.17, 15) is 19.5 Å². The molecule has 6 nitrogen and oxygen atoms in total. The van der Waals surface area contributed by atoms with Gasteiger partial charge in [-0.3, -0.25) is 9.59 Å². The average molecular weight is 350 g/mol. The van der Waals surface area contributed by atoms with E-state index in [4.69, 9.17) is 0 Å². The molecule has 1 aliphatic carbocycles. The second-order valence-electron chi connectivity index (χ2n) is 6.62. The Morgan fingerprint density at radius 3 is 2.75 bits per heavy atom. The summed E-state index contributed by atoms with van der Waals surface area (Å²) in [5.41, 5.74) is 0. The van der Waals surface area contributed by atoms with Crippen LogP contribution in [-0.4, -0.2) is 45.9 Å². The maximum absolute atomic E-state index is 12.9. The van der Waals surface area contributed by atoms with E-state index in [0.717, 1.165) is 25.7 Å². The van der Waals surface area contributed by atoms with Gasteiger partial charge in [-0.05, 0) is 43.6 Å². The zero-order chi connectivity index (χ0) is 17.3. The highest BCUT2D eigenvalue weighted by Crippen LogP contribution is 2.40. The highest BCUT2D eigenvalue weighted by atomic mass is 32.1. The van der Waals surface area contributed by atoms with Gasteiger partial charge in [0.15, 0.2) is 0 Å². The molecule has 2 aliphatic rings. The second kappa shape index (κ2) is 6.93. The van der Waals surface area contributed by atoms with Gasteiger partial charge in [-0.2, -0.15) is 0 Å². The van der Waals surface area contributed by atoms with Gasteiger partial charge in [0.1, 0.15) is 12.1 Å². The molecule has 0 bridgehead atoms. The smallest absolute Gasteiger partial charge is 0.326 e. The van der Waals surface area contributed by atoms with Crippen LogP contribution >= 0.6 is 11.3 Å². The molecule has 4 atom stereocenters. The Balaban J connectivity index is 1.73. The van der Waals surface area contributed by atoms with E-state index < -0.39 is 18.1 Å². The topological polar surface area (TPSA) is 86.7 Å². The second-order valence-corrected chi connectivity index (χ2v) is 7.57. The summed E-state index contributed by atoms with van der Waals surface area (Å²) in [5.74, 6) is -1.27. The molecular formula is C17H22N2O4S. The minimum Gasteiger partial charge on any atom is -0.480 e. The van der Waals surface area contributed by atoms with Crippen LogP contribution in [0.25, 0.3) is 0 Å². The summed E-state index contributed by atoms with van der Waals surface area (Å²) in [7, 11) is 0. The quantitative estimate of drug-likeness (QED) is 0.871. The van der Waals surface area contributed by atoms with Crippen LogP contribution in [0.2, 0.25) is 0 Å². The fourth-order valence-corrected chi connectivity index (χ4v) is 4.59. The minimum atomic E-state index is -0.950. The van der Waals surface area contributed by atoms with Crippen molar-refractivity contribution in [1.82, 2.24) is 10.2 Å². The summed E-state index contributed by atoms with van der Waals surface area (Å²) < 4.78 is 0. The number of nitrogens with zero attached hydrogens (tertiary/aromatic N) is 1. The number of carbonyl (C=O) groups is 3. The van der Waals surface area contributed by atoms with Crippen LogP contribution in [0.3, 0.4) is 0 Å². The van der Waals surface area contributed by atoms with Crippen LogP contribution in [0.5, 0.6) is 0 Å². The van der Waals surface area contributed by atoms with Gasteiger partial charge >= 0.3 is 5.97 Å². The number of carboxylic acids is 1. The Bertz CT molecular complexity index is 631. The van der Waals surface area contributed by atoms with Gasteiger partial charge < -0.3 is 15.3 Å². The zero-order valence-corrected chi connectivity index (χ0v) is 14.4. The Kier molecular flexibility index (Phi) is 4.89. The van der Waals surface area contributed by atoms with E-state index in [1.165, 1.54) is 16.2 Å². The molecule has 2 heterocycles. The highest BCUT2D eigenvalue weighted by Gasteiger charge is 2.48. The van der Waals surface area contributed by atoms with Gasteiger partial charge in [-0.1, -0.05) is 18.9 Å². The Hall–Kier alpha value is -1.89. The molecule has 1 aromatic heterocycles. The maximum Gasteiger partial charge on any atom is 0.326 e. The lowest BCUT2D eigenvalue weighted by atomic mass is 9.84. The SMILES string of the molecule is CC(NC(=O)c1cccs1)C(=O)N1C(C(=O)O)CC2CCCCC21. The third-order valence-corrected chi connectivity index (χ3v) is 5.96. The summed E-state index contributed by atoms with van der Waals surface area (Å²) in [6, 6.07) is 1.96. The van der Waals surface area contributed by atoms with Crippen LogP contribution in [0.4, 0.5) is 0 Å². The van der Waals surface area contributed by atoms with Gasteiger partial charge in [0.2, 0.25) is 5.91 Å². The Labute approximate surface area is 144 Å². The molecule has 0 radical (unpaired) electrons. The van der Waals surface area contributed by atoms with Crippen molar-refractivity contribution in [2.24, 2.45) is 5.92 Å². The first-order chi connectivity index (χ1) is 11.5.